The summed E-state index contributed by atoms with van der Waals surface area (Å²) in [6.07, 6.45) is 1.16. The van der Waals surface area contributed by atoms with Crippen LogP contribution in [0.15, 0.2) is 77.7 Å². The van der Waals surface area contributed by atoms with E-state index in [0.29, 0.717) is 13.0 Å². The normalized spacial score (nSPS) is 12.3. The van der Waals surface area contributed by atoms with Crippen LogP contribution in [0.5, 0.6) is 0 Å². The van der Waals surface area contributed by atoms with Gasteiger partial charge in [0.05, 0.1) is 4.90 Å². The second-order valence-corrected chi connectivity index (χ2v) is 9.62. The van der Waals surface area contributed by atoms with Gasteiger partial charge in [-0.15, -0.1) is 0 Å². The van der Waals surface area contributed by atoms with Gasteiger partial charge in [-0.1, -0.05) is 60.4 Å². The van der Waals surface area contributed by atoms with Gasteiger partial charge in [0.2, 0.25) is 0 Å². The molecule has 0 radical (unpaired) electrons. The van der Waals surface area contributed by atoms with Crippen molar-refractivity contribution in [3.63, 3.8) is 0 Å². The van der Waals surface area contributed by atoms with Crippen LogP contribution in [0.25, 0.3) is 11.1 Å². The molecule has 0 unspecified atom stereocenters. The fraction of sp³-hybridized carbons (Fsp3) is 0.192. The Balaban J connectivity index is 1.27. The van der Waals surface area contributed by atoms with E-state index in [1.54, 1.807) is 12.1 Å². The Morgan fingerprint density at radius 2 is 1.53 bits per heavy atom. The molecule has 1 aliphatic carbocycles. The van der Waals surface area contributed by atoms with Gasteiger partial charge in [-0.2, -0.15) is 0 Å². The van der Waals surface area contributed by atoms with Crippen molar-refractivity contribution < 1.29 is 17.9 Å². The molecule has 5 nitrogen and oxygen atoms in total. The van der Waals surface area contributed by atoms with Crippen molar-refractivity contribution in [2.45, 2.75) is 17.2 Å². The number of benzene rings is 3. The molecule has 0 aromatic heterocycles. The molecule has 0 saturated heterocycles. The highest BCUT2D eigenvalue weighted by Crippen LogP contribution is 2.44. The number of rotatable bonds is 5. The summed E-state index contributed by atoms with van der Waals surface area (Å²) in [5.41, 5.74) is 5.45. The molecule has 0 saturated carbocycles. The maximum absolute atomic E-state index is 12.1. The third-order valence-electron chi connectivity index (χ3n) is 5.38. The summed E-state index contributed by atoms with van der Waals surface area (Å²) in [6, 6.07) is 22.8. The molecule has 6 heteroatoms. The fourth-order valence-corrected chi connectivity index (χ4v) is 4.46. The predicted molar refractivity (Wildman–Crippen MR) is 124 cm³/mol. The molecular formula is C26H23NO4S. The lowest BCUT2D eigenvalue weighted by Crippen LogP contribution is -2.26. The van der Waals surface area contributed by atoms with E-state index in [0.717, 1.165) is 5.56 Å². The lowest BCUT2D eigenvalue weighted by molar-refractivity contribution is 0.143. The number of carbonyl (C=O) groups is 1. The summed E-state index contributed by atoms with van der Waals surface area (Å²) < 4.78 is 28.5. The zero-order valence-electron chi connectivity index (χ0n) is 17.7. The second kappa shape index (κ2) is 9.29. The highest BCUT2D eigenvalue weighted by molar-refractivity contribution is 7.90. The number of nitrogens with one attached hydrogen (secondary N) is 1. The van der Waals surface area contributed by atoms with Crippen molar-refractivity contribution in [2.24, 2.45) is 0 Å². The van der Waals surface area contributed by atoms with Gasteiger partial charge in [-0.25, -0.2) is 13.2 Å². The quantitative estimate of drug-likeness (QED) is 0.468. The van der Waals surface area contributed by atoms with E-state index in [2.05, 4.69) is 41.4 Å². The Hall–Kier alpha value is -3.56. The molecule has 0 bridgehead atoms. The van der Waals surface area contributed by atoms with Gasteiger partial charge in [-0.05, 0) is 46.5 Å². The molecule has 3 aromatic carbocycles. The first-order valence-corrected chi connectivity index (χ1v) is 12.2. The van der Waals surface area contributed by atoms with Crippen molar-refractivity contribution in [1.29, 1.82) is 0 Å². The molecule has 3 aromatic rings. The molecule has 0 heterocycles. The monoisotopic (exact) mass is 445 g/mol. The van der Waals surface area contributed by atoms with Crippen LogP contribution in [-0.4, -0.2) is 33.9 Å². The van der Waals surface area contributed by atoms with Crippen LogP contribution in [0.2, 0.25) is 0 Å². The molecule has 1 N–H and O–H groups in total. The van der Waals surface area contributed by atoms with Crippen LogP contribution in [-0.2, 0) is 14.6 Å². The summed E-state index contributed by atoms with van der Waals surface area (Å²) in [6.45, 7) is 0.642. The van der Waals surface area contributed by atoms with Gasteiger partial charge in [0, 0.05) is 30.7 Å². The maximum Gasteiger partial charge on any atom is 0.407 e. The average molecular weight is 446 g/mol. The summed E-state index contributed by atoms with van der Waals surface area (Å²) >= 11 is 0. The summed E-state index contributed by atoms with van der Waals surface area (Å²) in [5, 5.41) is 2.73. The molecule has 1 amide bonds. The molecule has 0 spiro atoms. The van der Waals surface area contributed by atoms with Crippen molar-refractivity contribution in [1.82, 2.24) is 5.32 Å². The number of amides is 1. The van der Waals surface area contributed by atoms with Gasteiger partial charge >= 0.3 is 6.09 Å². The van der Waals surface area contributed by atoms with Gasteiger partial charge in [0.1, 0.15) is 6.61 Å². The zero-order chi connectivity index (χ0) is 22.6. The van der Waals surface area contributed by atoms with E-state index in [1.165, 1.54) is 40.6 Å². The zero-order valence-corrected chi connectivity index (χ0v) is 18.5. The first-order valence-electron chi connectivity index (χ1n) is 10.3. The van der Waals surface area contributed by atoms with E-state index < -0.39 is 15.9 Å². The van der Waals surface area contributed by atoms with Crippen molar-refractivity contribution in [2.75, 3.05) is 19.4 Å². The Labute approximate surface area is 188 Å². The predicted octanol–water partition coefficient (Wildman–Crippen LogP) is 4.37. The number of carbonyl (C=O) groups excluding carboxylic acids is 1. The van der Waals surface area contributed by atoms with Crippen LogP contribution in [0.3, 0.4) is 0 Å². The first kappa shape index (κ1) is 21.7. The van der Waals surface area contributed by atoms with E-state index in [1.807, 2.05) is 24.3 Å². The van der Waals surface area contributed by atoms with Crippen molar-refractivity contribution >= 4 is 15.9 Å². The number of ether oxygens (including phenoxy) is 1. The molecule has 1 aliphatic rings. The van der Waals surface area contributed by atoms with E-state index in [4.69, 9.17) is 4.74 Å². The lowest BCUT2D eigenvalue weighted by Gasteiger charge is -2.14. The maximum atomic E-state index is 12.1. The Bertz CT molecular complexity index is 1260. The standard InChI is InChI=1S/C26H23NO4S/c1-32(29,30)20-15-13-19(14-16-20)8-6-7-17-27-26(28)31-18-25-23-11-4-2-9-21(23)22-10-3-5-12-24(22)25/h2-5,9-16,25H,7,17-18H2,1H3,(H,27,28). The average Bonchev–Trinajstić information content (AvgIpc) is 3.11. The third kappa shape index (κ3) is 4.84. The number of hydrogen-bond donors (Lipinski definition) is 1. The van der Waals surface area contributed by atoms with Crippen LogP contribution in [0, 0.1) is 11.8 Å². The summed E-state index contributed by atoms with van der Waals surface area (Å²) in [5.74, 6) is 5.96. The van der Waals surface area contributed by atoms with Gasteiger partial charge in [0.15, 0.2) is 9.84 Å². The molecule has 32 heavy (non-hydrogen) atoms. The minimum absolute atomic E-state index is 0.0304. The third-order valence-corrected chi connectivity index (χ3v) is 6.51. The lowest BCUT2D eigenvalue weighted by atomic mass is 9.98. The van der Waals surface area contributed by atoms with Crippen LogP contribution in [0.1, 0.15) is 29.0 Å². The van der Waals surface area contributed by atoms with E-state index in [-0.39, 0.29) is 17.4 Å². The largest absolute Gasteiger partial charge is 0.449 e. The van der Waals surface area contributed by atoms with E-state index >= 15 is 0 Å². The highest BCUT2D eigenvalue weighted by Gasteiger charge is 2.28. The molecule has 0 atom stereocenters. The van der Waals surface area contributed by atoms with Crippen LogP contribution >= 0.6 is 0 Å². The van der Waals surface area contributed by atoms with Gasteiger partial charge < -0.3 is 10.1 Å². The number of fused-ring (bicyclic) bond motifs is 3. The van der Waals surface area contributed by atoms with Gasteiger partial charge in [-0.3, -0.25) is 0 Å². The number of sulfone groups is 1. The molecule has 4 rings (SSSR count). The first-order chi connectivity index (χ1) is 15.4. The van der Waals surface area contributed by atoms with Crippen LogP contribution in [0.4, 0.5) is 4.79 Å². The van der Waals surface area contributed by atoms with Crippen molar-refractivity contribution in [3.05, 3.63) is 89.5 Å². The molecular weight excluding hydrogens is 422 g/mol. The SMILES string of the molecule is CS(=O)(=O)c1ccc(C#CCCNC(=O)OCC2c3ccccc3-c3ccccc32)cc1. The number of alkyl carbamates (subject to hydrolysis) is 1. The van der Waals surface area contributed by atoms with E-state index in [9.17, 15) is 13.2 Å². The highest BCUT2D eigenvalue weighted by atomic mass is 32.2. The summed E-state index contributed by atoms with van der Waals surface area (Å²) in [4.78, 5) is 12.4. The minimum Gasteiger partial charge on any atom is -0.449 e. The Morgan fingerprint density at radius 1 is 0.938 bits per heavy atom. The Morgan fingerprint density at radius 3 is 2.12 bits per heavy atom. The molecule has 0 aliphatic heterocycles. The topological polar surface area (TPSA) is 72.5 Å². The minimum atomic E-state index is -3.21. The Kier molecular flexibility index (Phi) is 6.29. The molecule has 0 fully saturated rings. The number of hydrogen-bond acceptors (Lipinski definition) is 4. The smallest absolute Gasteiger partial charge is 0.407 e. The summed E-state index contributed by atoms with van der Waals surface area (Å²) in [7, 11) is -3.21. The van der Waals surface area contributed by atoms with Gasteiger partial charge in [0.25, 0.3) is 0 Å². The fourth-order valence-electron chi connectivity index (χ4n) is 3.83. The van der Waals surface area contributed by atoms with Crippen molar-refractivity contribution in [3.8, 4) is 23.0 Å². The van der Waals surface area contributed by atoms with Crippen LogP contribution < -0.4 is 5.32 Å². The second-order valence-electron chi connectivity index (χ2n) is 7.60. The molecule has 162 valence electrons.